The van der Waals surface area contributed by atoms with Crippen molar-refractivity contribution in [3.63, 3.8) is 0 Å². The lowest BCUT2D eigenvalue weighted by Gasteiger charge is -2.33. The largest absolute Gasteiger partial charge is 0.480 e. The van der Waals surface area contributed by atoms with Gasteiger partial charge in [-0.15, -0.1) is 12.4 Å². The summed E-state index contributed by atoms with van der Waals surface area (Å²) in [5.74, 6) is -1.90. The second-order valence-corrected chi connectivity index (χ2v) is 8.34. The fourth-order valence-corrected chi connectivity index (χ4v) is 4.01. The molecule has 5 N–H and O–H groups in total. The van der Waals surface area contributed by atoms with Crippen LogP contribution in [0, 0.1) is 11.8 Å². The predicted molar refractivity (Wildman–Crippen MR) is 121 cm³/mol. The first-order valence-electron chi connectivity index (χ1n) is 10.4. The van der Waals surface area contributed by atoms with Crippen LogP contribution in [-0.4, -0.2) is 57.9 Å². The van der Waals surface area contributed by atoms with Gasteiger partial charge >= 0.3 is 5.97 Å². The number of nitrogens with one attached hydrogen (secondary N) is 2. The lowest BCUT2D eigenvalue weighted by atomic mass is 9.93. The number of carboxylic acid groups (broad SMARTS) is 1. The molecular weight excluding hydrogens is 420 g/mol. The highest BCUT2D eigenvalue weighted by Gasteiger charge is 2.32. The average molecular weight is 451 g/mol. The number of hydrogen-bond donors (Lipinski definition) is 4. The number of benzene rings is 1. The van der Waals surface area contributed by atoms with E-state index in [1.54, 1.807) is 18.7 Å². The number of likely N-dealkylation sites (tertiary alicyclic amines) is 1. The summed E-state index contributed by atoms with van der Waals surface area (Å²) in [5.41, 5.74) is 8.23. The molecule has 0 unspecified atom stereocenters. The van der Waals surface area contributed by atoms with Gasteiger partial charge in [-0.05, 0) is 36.8 Å². The summed E-state index contributed by atoms with van der Waals surface area (Å²) in [6.45, 7) is 4.40. The third-order valence-corrected chi connectivity index (χ3v) is 5.84. The molecule has 3 rings (SSSR count). The van der Waals surface area contributed by atoms with E-state index in [0.717, 1.165) is 16.5 Å². The van der Waals surface area contributed by atoms with Gasteiger partial charge in [0.05, 0.1) is 6.04 Å². The Balaban J connectivity index is 0.00000341. The quantitative estimate of drug-likeness (QED) is 0.512. The molecule has 2 amide bonds. The zero-order valence-corrected chi connectivity index (χ0v) is 18.7. The van der Waals surface area contributed by atoms with Gasteiger partial charge in [0.25, 0.3) is 0 Å². The first kappa shape index (κ1) is 24.7. The number of amides is 2. The molecule has 0 bridgehead atoms. The van der Waals surface area contributed by atoms with E-state index in [9.17, 15) is 19.5 Å². The first-order valence-corrected chi connectivity index (χ1v) is 10.4. The van der Waals surface area contributed by atoms with Crippen molar-refractivity contribution in [1.82, 2.24) is 15.2 Å². The van der Waals surface area contributed by atoms with E-state index in [1.807, 2.05) is 30.5 Å². The number of para-hydroxylation sites is 1. The van der Waals surface area contributed by atoms with E-state index in [4.69, 9.17) is 5.73 Å². The standard InChI is InChI=1S/C22H30N4O4.ClH/c1-13(2)19(22(29)30)25-20(27)14-7-9-26(10-8-14)21(28)17(23)11-15-12-24-18-6-4-3-5-16(15)18;/h3-6,12-14,17,19,24H,7-11,23H2,1-2H3,(H,25,27)(H,29,30);1H/t17-,19-;/m0./s1. The van der Waals surface area contributed by atoms with E-state index in [1.165, 1.54) is 0 Å². The summed E-state index contributed by atoms with van der Waals surface area (Å²) < 4.78 is 0. The Hall–Kier alpha value is -2.58. The highest BCUT2D eigenvalue weighted by Crippen LogP contribution is 2.21. The van der Waals surface area contributed by atoms with E-state index in [0.29, 0.717) is 32.4 Å². The molecule has 1 aromatic heterocycles. The van der Waals surface area contributed by atoms with E-state index < -0.39 is 18.1 Å². The number of piperidine rings is 1. The number of carbonyl (C=O) groups is 3. The number of carboxylic acids is 1. The van der Waals surface area contributed by atoms with Crippen molar-refractivity contribution in [3.05, 3.63) is 36.0 Å². The van der Waals surface area contributed by atoms with Crippen LogP contribution in [0.1, 0.15) is 32.3 Å². The number of H-pyrrole nitrogens is 1. The number of halogens is 1. The molecule has 0 radical (unpaired) electrons. The van der Waals surface area contributed by atoms with Gasteiger partial charge in [-0.3, -0.25) is 9.59 Å². The zero-order chi connectivity index (χ0) is 21.8. The Morgan fingerprint density at radius 1 is 1.23 bits per heavy atom. The smallest absolute Gasteiger partial charge is 0.326 e. The SMILES string of the molecule is CC(C)[C@H](NC(=O)C1CCN(C(=O)[C@@H](N)Cc2c[nH]c3ccccc23)CC1)C(=O)O.Cl. The van der Waals surface area contributed by atoms with Gasteiger partial charge in [-0.25, -0.2) is 4.79 Å². The van der Waals surface area contributed by atoms with E-state index in [-0.39, 0.29) is 36.1 Å². The lowest BCUT2D eigenvalue weighted by Crippen LogP contribution is -2.51. The third-order valence-electron chi connectivity index (χ3n) is 5.84. The lowest BCUT2D eigenvalue weighted by molar-refractivity contribution is -0.144. The van der Waals surface area contributed by atoms with E-state index >= 15 is 0 Å². The van der Waals surface area contributed by atoms with Gasteiger partial charge in [-0.1, -0.05) is 32.0 Å². The minimum atomic E-state index is -1.03. The molecule has 2 atom stereocenters. The first-order chi connectivity index (χ1) is 14.3. The minimum Gasteiger partial charge on any atom is -0.480 e. The third kappa shape index (κ3) is 5.77. The van der Waals surface area contributed by atoms with Gasteiger partial charge in [0.15, 0.2) is 0 Å². The molecule has 1 aliphatic rings. The highest BCUT2D eigenvalue weighted by atomic mass is 35.5. The number of nitrogens with two attached hydrogens (primary N) is 1. The molecule has 0 saturated carbocycles. The normalized spacial score (nSPS) is 16.6. The zero-order valence-electron chi connectivity index (χ0n) is 17.8. The molecule has 0 aliphatic carbocycles. The molecular formula is C22H31ClN4O4. The number of fused-ring (bicyclic) bond motifs is 1. The second kappa shape index (κ2) is 10.6. The van der Waals surface area contributed by atoms with Gasteiger partial charge in [0.2, 0.25) is 11.8 Å². The summed E-state index contributed by atoms with van der Waals surface area (Å²) in [6.07, 6.45) is 3.34. The number of aromatic nitrogens is 1. The fraction of sp³-hybridized carbons (Fsp3) is 0.500. The van der Waals surface area contributed by atoms with Crippen molar-refractivity contribution in [3.8, 4) is 0 Å². The van der Waals surface area contributed by atoms with Crippen molar-refractivity contribution in [2.24, 2.45) is 17.6 Å². The van der Waals surface area contributed by atoms with Crippen LogP contribution in [0.4, 0.5) is 0 Å². The molecule has 1 aromatic carbocycles. The van der Waals surface area contributed by atoms with Crippen LogP contribution in [0.15, 0.2) is 30.5 Å². The summed E-state index contributed by atoms with van der Waals surface area (Å²) in [6, 6.07) is 6.35. The highest BCUT2D eigenvalue weighted by molar-refractivity contribution is 5.87. The van der Waals surface area contributed by atoms with E-state index in [2.05, 4.69) is 10.3 Å². The average Bonchev–Trinajstić information content (AvgIpc) is 3.13. The molecule has 1 saturated heterocycles. The van der Waals surface area contributed by atoms with Gasteiger partial charge < -0.3 is 26.0 Å². The molecule has 2 heterocycles. The van der Waals surface area contributed by atoms with Gasteiger partial charge in [0, 0.05) is 36.1 Å². The molecule has 8 nitrogen and oxygen atoms in total. The maximum atomic E-state index is 12.8. The summed E-state index contributed by atoms with van der Waals surface area (Å²) in [4.78, 5) is 41.5. The van der Waals surface area contributed by atoms with Crippen molar-refractivity contribution in [2.75, 3.05) is 13.1 Å². The van der Waals surface area contributed by atoms with Crippen LogP contribution in [0.25, 0.3) is 10.9 Å². The Morgan fingerprint density at radius 2 is 1.87 bits per heavy atom. The van der Waals surface area contributed by atoms with Crippen molar-refractivity contribution < 1.29 is 19.5 Å². The van der Waals surface area contributed by atoms with Crippen molar-refractivity contribution in [2.45, 2.75) is 45.2 Å². The maximum absolute atomic E-state index is 12.8. The van der Waals surface area contributed by atoms with Crippen molar-refractivity contribution >= 4 is 41.1 Å². The van der Waals surface area contributed by atoms with Crippen LogP contribution in [0.5, 0.6) is 0 Å². The molecule has 9 heteroatoms. The van der Waals surface area contributed by atoms with Crippen LogP contribution >= 0.6 is 12.4 Å². The Bertz CT molecular complexity index is 921. The summed E-state index contributed by atoms with van der Waals surface area (Å²) in [5, 5.41) is 12.9. The number of hydrogen-bond acceptors (Lipinski definition) is 4. The van der Waals surface area contributed by atoms with Crippen LogP contribution in [0.2, 0.25) is 0 Å². The molecule has 0 spiro atoms. The van der Waals surface area contributed by atoms with Gasteiger partial charge in [0.1, 0.15) is 6.04 Å². The fourth-order valence-electron chi connectivity index (χ4n) is 4.01. The molecule has 170 valence electrons. The van der Waals surface area contributed by atoms with Crippen molar-refractivity contribution in [1.29, 1.82) is 0 Å². The number of nitrogens with zero attached hydrogens (tertiary/aromatic N) is 1. The number of carbonyl (C=O) groups excluding carboxylic acids is 2. The topological polar surface area (TPSA) is 129 Å². The predicted octanol–water partition coefficient (Wildman–Crippen LogP) is 1.92. The second-order valence-electron chi connectivity index (χ2n) is 8.34. The molecule has 31 heavy (non-hydrogen) atoms. The maximum Gasteiger partial charge on any atom is 0.326 e. The minimum absolute atomic E-state index is 0. The van der Waals surface area contributed by atoms with Crippen LogP contribution in [-0.2, 0) is 20.8 Å². The monoisotopic (exact) mass is 450 g/mol. The van der Waals surface area contributed by atoms with Crippen LogP contribution < -0.4 is 11.1 Å². The Kier molecular flexibility index (Phi) is 8.47. The number of rotatable bonds is 7. The molecule has 2 aromatic rings. The van der Waals surface area contributed by atoms with Gasteiger partial charge in [-0.2, -0.15) is 0 Å². The van der Waals surface area contributed by atoms with Crippen LogP contribution in [0.3, 0.4) is 0 Å². The molecule has 1 fully saturated rings. The molecule has 1 aliphatic heterocycles. The summed E-state index contributed by atoms with van der Waals surface area (Å²) >= 11 is 0. The Morgan fingerprint density at radius 3 is 2.48 bits per heavy atom. The number of aromatic amines is 1. The summed E-state index contributed by atoms with van der Waals surface area (Å²) in [7, 11) is 0. The number of aliphatic carboxylic acids is 1. The Labute approximate surface area is 188 Å².